The van der Waals surface area contributed by atoms with Crippen LogP contribution in [0.5, 0.6) is 0 Å². The molecule has 1 aromatic carbocycles. The van der Waals surface area contributed by atoms with Gasteiger partial charge in [0, 0.05) is 18.3 Å². The van der Waals surface area contributed by atoms with Crippen LogP contribution in [-0.4, -0.2) is 9.97 Å². The van der Waals surface area contributed by atoms with Crippen molar-refractivity contribution in [2.24, 2.45) is 0 Å². The summed E-state index contributed by atoms with van der Waals surface area (Å²) in [7, 11) is 0. The fourth-order valence-electron chi connectivity index (χ4n) is 2.22. The summed E-state index contributed by atoms with van der Waals surface area (Å²) >= 11 is 0. The van der Waals surface area contributed by atoms with E-state index in [1.807, 2.05) is 12.4 Å². The Balaban J connectivity index is 2.41. The van der Waals surface area contributed by atoms with Gasteiger partial charge in [-0.15, -0.1) is 0 Å². The number of aromatic nitrogens is 2. The number of H-pyrrole nitrogens is 1. The minimum atomic E-state index is 0.335. The van der Waals surface area contributed by atoms with Crippen molar-refractivity contribution in [1.82, 2.24) is 9.97 Å². The summed E-state index contributed by atoms with van der Waals surface area (Å²) in [4.78, 5) is 7.52. The number of rotatable bonds is 3. The molecule has 1 N–H and O–H groups in total. The van der Waals surface area contributed by atoms with E-state index >= 15 is 0 Å². The fourth-order valence-corrected chi connectivity index (χ4v) is 2.22. The smallest absolute Gasteiger partial charge is 0.113 e. The van der Waals surface area contributed by atoms with Gasteiger partial charge in [-0.3, -0.25) is 0 Å². The second-order valence-corrected chi connectivity index (χ2v) is 4.18. The standard InChI is InChI=1S/C14H18N2/c1-4-12-6-5-7-13(10(12)2)11(3)14-15-8-9-16-14/h5-9,11H,4H2,1-3H3,(H,15,16)/t11-/m1/s1. The lowest BCUT2D eigenvalue weighted by atomic mass is 9.92. The lowest BCUT2D eigenvalue weighted by molar-refractivity contribution is 0.828. The number of aromatic amines is 1. The minimum absolute atomic E-state index is 0.335. The van der Waals surface area contributed by atoms with Crippen LogP contribution in [0.2, 0.25) is 0 Å². The van der Waals surface area contributed by atoms with Gasteiger partial charge < -0.3 is 4.98 Å². The average molecular weight is 214 g/mol. The third-order valence-electron chi connectivity index (χ3n) is 3.26. The number of nitrogens with one attached hydrogen (secondary N) is 1. The SMILES string of the molecule is CCc1cccc([C@@H](C)c2ncc[nH]2)c1C. The molecule has 0 fully saturated rings. The largest absolute Gasteiger partial charge is 0.348 e. The molecule has 1 heterocycles. The number of nitrogens with zero attached hydrogens (tertiary/aromatic N) is 1. The van der Waals surface area contributed by atoms with E-state index in [1.165, 1.54) is 16.7 Å². The van der Waals surface area contributed by atoms with Crippen LogP contribution in [0.1, 0.15) is 42.3 Å². The molecule has 0 saturated carbocycles. The van der Waals surface area contributed by atoms with Gasteiger partial charge in [0.15, 0.2) is 0 Å². The molecular weight excluding hydrogens is 196 g/mol. The Hall–Kier alpha value is -1.57. The molecule has 0 aliphatic carbocycles. The van der Waals surface area contributed by atoms with Gasteiger partial charge in [-0.1, -0.05) is 32.0 Å². The molecule has 16 heavy (non-hydrogen) atoms. The van der Waals surface area contributed by atoms with Crippen LogP contribution < -0.4 is 0 Å². The van der Waals surface area contributed by atoms with Crippen molar-refractivity contribution < 1.29 is 0 Å². The maximum atomic E-state index is 4.33. The zero-order valence-electron chi connectivity index (χ0n) is 10.1. The van der Waals surface area contributed by atoms with Gasteiger partial charge in [-0.2, -0.15) is 0 Å². The van der Waals surface area contributed by atoms with Gasteiger partial charge >= 0.3 is 0 Å². The summed E-state index contributed by atoms with van der Waals surface area (Å²) in [5, 5.41) is 0. The molecule has 0 aliphatic rings. The van der Waals surface area contributed by atoms with E-state index in [-0.39, 0.29) is 0 Å². The van der Waals surface area contributed by atoms with Crippen LogP contribution in [0, 0.1) is 6.92 Å². The molecule has 2 heteroatoms. The summed E-state index contributed by atoms with van der Waals surface area (Å²) < 4.78 is 0. The molecule has 0 amide bonds. The molecular formula is C14H18N2. The summed E-state index contributed by atoms with van der Waals surface area (Å²) in [6, 6.07) is 6.54. The summed E-state index contributed by atoms with van der Waals surface area (Å²) in [6.07, 6.45) is 4.78. The first-order valence-corrected chi connectivity index (χ1v) is 5.81. The molecule has 0 aliphatic heterocycles. The number of hydrogen-bond acceptors (Lipinski definition) is 1. The van der Waals surface area contributed by atoms with Crippen LogP contribution in [-0.2, 0) is 6.42 Å². The summed E-state index contributed by atoms with van der Waals surface area (Å²) in [5.74, 6) is 1.37. The monoisotopic (exact) mass is 214 g/mol. The highest BCUT2D eigenvalue weighted by Crippen LogP contribution is 2.26. The highest BCUT2D eigenvalue weighted by atomic mass is 14.9. The molecule has 2 rings (SSSR count). The molecule has 0 bridgehead atoms. The van der Waals surface area contributed by atoms with Crippen LogP contribution in [0.4, 0.5) is 0 Å². The van der Waals surface area contributed by atoms with Gasteiger partial charge in [-0.05, 0) is 30.0 Å². The molecule has 2 aromatic rings. The third kappa shape index (κ3) is 1.87. The van der Waals surface area contributed by atoms with Crippen LogP contribution in [0.3, 0.4) is 0 Å². The summed E-state index contributed by atoms with van der Waals surface area (Å²) in [6.45, 7) is 6.60. The van der Waals surface area contributed by atoms with Crippen molar-refractivity contribution in [3.63, 3.8) is 0 Å². The Bertz CT molecular complexity index is 458. The summed E-state index contributed by atoms with van der Waals surface area (Å²) in [5.41, 5.74) is 4.19. The van der Waals surface area contributed by atoms with E-state index in [2.05, 4.69) is 48.9 Å². The van der Waals surface area contributed by atoms with E-state index < -0.39 is 0 Å². The van der Waals surface area contributed by atoms with E-state index in [9.17, 15) is 0 Å². The van der Waals surface area contributed by atoms with Crippen molar-refractivity contribution in [3.05, 3.63) is 53.1 Å². The predicted octanol–water partition coefficient (Wildman–Crippen LogP) is 3.43. The van der Waals surface area contributed by atoms with Crippen LogP contribution >= 0.6 is 0 Å². The zero-order valence-corrected chi connectivity index (χ0v) is 10.1. The van der Waals surface area contributed by atoms with Crippen molar-refractivity contribution in [2.45, 2.75) is 33.1 Å². The predicted molar refractivity (Wildman–Crippen MR) is 66.7 cm³/mol. The Morgan fingerprint density at radius 3 is 2.81 bits per heavy atom. The van der Waals surface area contributed by atoms with Crippen LogP contribution in [0.15, 0.2) is 30.6 Å². The van der Waals surface area contributed by atoms with Crippen molar-refractivity contribution in [1.29, 1.82) is 0 Å². The third-order valence-corrected chi connectivity index (χ3v) is 3.26. The lowest BCUT2D eigenvalue weighted by Gasteiger charge is -2.15. The van der Waals surface area contributed by atoms with Gasteiger partial charge in [-0.25, -0.2) is 4.98 Å². The Morgan fingerprint density at radius 2 is 2.19 bits per heavy atom. The topological polar surface area (TPSA) is 28.7 Å². The first-order valence-electron chi connectivity index (χ1n) is 5.81. The lowest BCUT2D eigenvalue weighted by Crippen LogP contribution is -2.02. The van der Waals surface area contributed by atoms with Gasteiger partial charge in [0.1, 0.15) is 5.82 Å². The van der Waals surface area contributed by atoms with E-state index in [4.69, 9.17) is 0 Å². The first kappa shape index (κ1) is 10.9. The molecule has 0 radical (unpaired) electrons. The fraction of sp³-hybridized carbons (Fsp3) is 0.357. The quantitative estimate of drug-likeness (QED) is 0.833. The molecule has 0 unspecified atom stereocenters. The normalized spacial score (nSPS) is 12.7. The molecule has 84 valence electrons. The van der Waals surface area contributed by atoms with Gasteiger partial charge in [0.2, 0.25) is 0 Å². The van der Waals surface area contributed by atoms with E-state index in [0.717, 1.165) is 12.2 Å². The minimum Gasteiger partial charge on any atom is -0.348 e. The highest BCUT2D eigenvalue weighted by molar-refractivity contribution is 5.38. The Morgan fingerprint density at radius 1 is 1.38 bits per heavy atom. The first-order chi connectivity index (χ1) is 7.74. The van der Waals surface area contributed by atoms with Crippen molar-refractivity contribution >= 4 is 0 Å². The highest BCUT2D eigenvalue weighted by Gasteiger charge is 2.13. The zero-order chi connectivity index (χ0) is 11.5. The average Bonchev–Trinajstić information content (AvgIpc) is 2.82. The Kier molecular flexibility index (Phi) is 3.09. The number of aryl methyl sites for hydroxylation is 1. The van der Waals surface area contributed by atoms with Crippen LogP contribution in [0.25, 0.3) is 0 Å². The molecule has 1 atom stereocenters. The van der Waals surface area contributed by atoms with Crippen molar-refractivity contribution in [3.8, 4) is 0 Å². The number of hydrogen-bond donors (Lipinski definition) is 1. The number of benzene rings is 1. The van der Waals surface area contributed by atoms with Crippen molar-refractivity contribution in [2.75, 3.05) is 0 Å². The maximum Gasteiger partial charge on any atom is 0.113 e. The number of imidazole rings is 1. The second-order valence-electron chi connectivity index (χ2n) is 4.18. The van der Waals surface area contributed by atoms with E-state index in [0.29, 0.717) is 5.92 Å². The molecule has 2 nitrogen and oxygen atoms in total. The van der Waals surface area contributed by atoms with E-state index in [1.54, 1.807) is 0 Å². The Labute approximate surface area is 96.7 Å². The molecule has 0 spiro atoms. The molecule has 0 saturated heterocycles. The second kappa shape index (κ2) is 4.52. The maximum absolute atomic E-state index is 4.33. The molecule has 1 aromatic heterocycles. The van der Waals surface area contributed by atoms with Gasteiger partial charge in [0.05, 0.1) is 0 Å². The van der Waals surface area contributed by atoms with Gasteiger partial charge in [0.25, 0.3) is 0 Å².